The van der Waals surface area contributed by atoms with E-state index in [-0.39, 0.29) is 0 Å². The molecule has 1 aliphatic rings. The van der Waals surface area contributed by atoms with Crippen LogP contribution in [0.25, 0.3) is 33.2 Å². The topological polar surface area (TPSA) is 68.6 Å². The predicted octanol–water partition coefficient (Wildman–Crippen LogP) is 6.06. The average Bonchev–Trinajstić information content (AvgIpc) is 3.48. The number of fused-ring (bicyclic) bond motifs is 2. The van der Waals surface area contributed by atoms with Crippen LogP contribution in [0.2, 0.25) is 0 Å². The van der Waals surface area contributed by atoms with Gasteiger partial charge in [0.1, 0.15) is 24.0 Å². The van der Waals surface area contributed by atoms with Gasteiger partial charge in [0, 0.05) is 17.8 Å². The van der Waals surface area contributed by atoms with Gasteiger partial charge in [-0.15, -0.1) is 0 Å². The Hall–Kier alpha value is -3.67. The van der Waals surface area contributed by atoms with Crippen LogP contribution in [0.4, 0.5) is 0 Å². The summed E-state index contributed by atoms with van der Waals surface area (Å²) in [5.41, 5.74) is 7.12. The summed E-state index contributed by atoms with van der Waals surface area (Å²) < 4.78 is 8.36. The Morgan fingerprint density at radius 3 is 2.72 bits per heavy atom. The summed E-state index contributed by atoms with van der Waals surface area (Å²) in [5, 5.41) is 0. The summed E-state index contributed by atoms with van der Waals surface area (Å²) in [4.78, 5) is 16.9. The van der Waals surface area contributed by atoms with Gasteiger partial charge in [-0.25, -0.2) is 9.97 Å². The van der Waals surface area contributed by atoms with E-state index in [2.05, 4.69) is 37.7 Å². The number of hydrogen-bond acceptors (Lipinski definition) is 4. The third kappa shape index (κ3) is 3.42. The van der Waals surface area contributed by atoms with E-state index in [0.717, 1.165) is 33.2 Å². The van der Waals surface area contributed by atoms with Gasteiger partial charge in [0.25, 0.3) is 0 Å². The standard InChI is InChI=1S/C26H25N5O/c1-3-7-18(8-4-1)15-32-26-25-24(28-16-29-26)21(14-27-25)19-11-12-23-22(13-19)30-17-31(23)20-9-5-2-6-10-20/h1,3-4,7-8,11-14,16-17,20,27H,2,5-6,9-10,15H2. The van der Waals surface area contributed by atoms with Crippen molar-refractivity contribution in [3.63, 3.8) is 0 Å². The summed E-state index contributed by atoms with van der Waals surface area (Å²) in [7, 11) is 0. The molecule has 160 valence electrons. The molecule has 6 rings (SSSR count). The summed E-state index contributed by atoms with van der Waals surface area (Å²) in [6.45, 7) is 0.464. The van der Waals surface area contributed by atoms with Gasteiger partial charge in [-0.2, -0.15) is 4.98 Å². The maximum Gasteiger partial charge on any atom is 0.241 e. The van der Waals surface area contributed by atoms with Crippen molar-refractivity contribution in [2.45, 2.75) is 44.8 Å². The Morgan fingerprint density at radius 1 is 0.969 bits per heavy atom. The first-order valence-corrected chi connectivity index (χ1v) is 11.3. The van der Waals surface area contributed by atoms with E-state index in [9.17, 15) is 0 Å². The van der Waals surface area contributed by atoms with Crippen molar-refractivity contribution >= 4 is 22.1 Å². The normalized spacial score (nSPS) is 14.9. The smallest absolute Gasteiger partial charge is 0.241 e. The van der Waals surface area contributed by atoms with Crippen LogP contribution in [0.1, 0.15) is 43.7 Å². The van der Waals surface area contributed by atoms with Crippen molar-refractivity contribution in [2.24, 2.45) is 0 Å². The largest absolute Gasteiger partial charge is 0.471 e. The summed E-state index contributed by atoms with van der Waals surface area (Å²) in [5.74, 6) is 0.563. The molecule has 1 fully saturated rings. The van der Waals surface area contributed by atoms with Gasteiger partial charge in [-0.1, -0.05) is 55.7 Å². The molecule has 0 amide bonds. The van der Waals surface area contributed by atoms with Crippen LogP contribution in [-0.4, -0.2) is 24.5 Å². The number of aromatic nitrogens is 5. The van der Waals surface area contributed by atoms with Crippen LogP contribution in [0.15, 0.2) is 67.4 Å². The fourth-order valence-electron chi connectivity index (χ4n) is 4.82. The lowest BCUT2D eigenvalue weighted by Gasteiger charge is -2.23. The van der Waals surface area contributed by atoms with E-state index in [4.69, 9.17) is 9.72 Å². The van der Waals surface area contributed by atoms with Crippen LogP contribution < -0.4 is 4.74 Å². The van der Waals surface area contributed by atoms with Crippen LogP contribution in [0.3, 0.4) is 0 Å². The highest BCUT2D eigenvalue weighted by molar-refractivity contribution is 5.96. The van der Waals surface area contributed by atoms with Crippen molar-refractivity contribution in [1.29, 1.82) is 0 Å². The predicted molar refractivity (Wildman–Crippen MR) is 126 cm³/mol. The lowest BCUT2D eigenvalue weighted by atomic mass is 9.95. The second-order valence-corrected chi connectivity index (χ2v) is 8.53. The molecule has 0 spiro atoms. The lowest BCUT2D eigenvalue weighted by molar-refractivity contribution is 0.297. The molecule has 5 aromatic rings. The van der Waals surface area contributed by atoms with Gasteiger partial charge >= 0.3 is 0 Å². The highest BCUT2D eigenvalue weighted by atomic mass is 16.5. The molecule has 3 aromatic heterocycles. The van der Waals surface area contributed by atoms with Crippen molar-refractivity contribution < 1.29 is 4.74 Å². The number of imidazole rings is 1. The molecule has 0 atom stereocenters. The van der Waals surface area contributed by atoms with Crippen molar-refractivity contribution in [2.75, 3.05) is 0 Å². The van der Waals surface area contributed by atoms with Gasteiger partial charge in [0.2, 0.25) is 5.88 Å². The number of hydrogen-bond donors (Lipinski definition) is 1. The third-order valence-corrected chi connectivity index (χ3v) is 6.50. The molecule has 0 saturated heterocycles. The van der Waals surface area contributed by atoms with Gasteiger partial charge < -0.3 is 14.3 Å². The number of ether oxygens (including phenoxy) is 1. The molecule has 6 nitrogen and oxygen atoms in total. The SMILES string of the molecule is c1ccc(COc2ncnc3c(-c4ccc5c(c4)ncn5C4CCCCC4)c[nH]c23)cc1. The molecule has 2 aromatic carbocycles. The van der Waals surface area contributed by atoms with E-state index in [1.165, 1.54) is 37.6 Å². The molecule has 1 saturated carbocycles. The highest BCUT2D eigenvalue weighted by Gasteiger charge is 2.18. The molecular weight excluding hydrogens is 398 g/mol. The minimum atomic E-state index is 0.464. The molecule has 0 radical (unpaired) electrons. The first-order valence-electron chi connectivity index (χ1n) is 11.3. The lowest BCUT2D eigenvalue weighted by Crippen LogP contribution is -2.11. The average molecular weight is 424 g/mol. The molecule has 6 heteroatoms. The number of aromatic amines is 1. The first kappa shape index (κ1) is 19.0. The van der Waals surface area contributed by atoms with E-state index in [1.54, 1.807) is 6.33 Å². The number of nitrogens with zero attached hydrogens (tertiary/aromatic N) is 4. The molecule has 1 N–H and O–H groups in total. The van der Waals surface area contributed by atoms with Gasteiger partial charge in [0.15, 0.2) is 0 Å². The number of benzene rings is 2. The number of nitrogens with one attached hydrogen (secondary N) is 1. The minimum absolute atomic E-state index is 0.464. The molecule has 3 heterocycles. The second-order valence-electron chi connectivity index (χ2n) is 8.53. The first-order chi connectivity index (χ1) is 15.9. The molecule has 0 unspecified atom stereocenters. The molecular formula is C26H25N5O. The van der Waals surface area contributed by atoms with Crippen LogP contribution in [0.5, 0.6) is 5.88 Å². The Morgan fingerprint density at radius 2 is 1.84 bits per heavy atom. The molecule has 32 heavy (non-hydrogen) atoms. The summed E-state index contributed by atoms with van der Waals surface area (Å²) >= 11 is 0. The maximum absolute atomic E-state index is 6.00. The van der Waals surface area contributed by atoms with Gasteiger partial charge in [0.05, 0.1) is 17.4 Å². The Kier molecular flexibility index (Phi) is 4.83. The van der Waals surface area contributed by atoms with Crippen molar-refractivity contribution in [1.82, 2.24) is 24.5 Å². The monoisotopic (exact) mass is 423 g/mol. The zero-order valence-electron chi connectivity index (χ0n) is 17.9. The highest BCUT2D eigenvalue weighted by Crippen LogP contribution is 2.34. The van der Waals surface area contributed by atoms with E-state index >= 15 is 0 Å². The second kappa shape index (κ2) is 8.11. The maximum atomic E-state index is 6.00. The van der Waals surface area contributed by atoms with Crippen LogP contribution in [-0.2, 0) is 6.61 Å². The van der Waals surface area contributed by atoms with Crippen LogP contribution >= 0.6 is 0 Å². The quantitative estimate of drug-likeness (QED) is 0.373. The fraction of sp³-hybridized carbons (Fsp3) is 0.269. The zero-order chi connectivity index (χ0) is 21.3. The van der Waals surface area contributed by atoms with Crippen molar-refractivity contribution in [3.05, 3.63) is 72.9 Å². The Labute approximate surface area is 186 Å². The molecule has 0 bridgehead atoms. The molecule has 1 aliphatic carbocycles. The van der Waals surface area contributed by atoms with Crippen molar-refractivity contribution in [3.8, 4) is 17.0 Å². The molecule has 0 aliphatic heterocycles. The Bertz CT molecular complexity index is 1370. The zero-order valence-corrected chi connectivity index (χ0v) is 17.9. The minimum Gasteiger partial charge on any atom is -0.471 e. The fourth-order valence-corrected chi connectivity index (χ4v) is 4.82. The van der Waals surface area contributed by atoms with Crippen LogP contribution in [0, 0.1) is 0 Å². The van der Waals surface area contributed by atoms with E-state index in [1.807, 2.05) is 42.9 Å². The third-order valence-electron chi connectivity index (χ3n) is 6.50. The van der Waals surface area contributed by atoms with Gasteiger partial charge in [-0.05, 0) is 36.1 Å². The summed E-state index contributed by atoms with van der Waals surface area (Å²) in [6.07, 6.45) is 12.0. The summed E-state index contributed by atoms with van der Waals surface area (Å²) in [6, 6.07) is 17.2. The van der Waals surface area contributed by atoms with Gasteiger partial charge in [-0.3, -0.25) is 0 Å². The Balaban J connectivity index is 1.32. The van der Waals surface area contributed by atoms with E-state index < -0.39 is 0 Å². The number of H-pyrrole nitrogens is 1. The van der Waals surface area contributed by atoms with E-state index in [0.29, 0.717) is 18.5 Å². The number of rotatable bonds is 5.